The van der Waals surface area contributed by atoms with Crippen LogP contribution in [-0.2, 0) is 28.9 Å². The molecular formula is C26H34ClN3O7S2. The molecule has 1 aromatic heterocycles. The van der Waals surface area contributed by atoms with E-state index in [-0.39, 0.29) is 28.9 Å². The minimum Gasteiger partial charge on any atom is -0.461 e. The van der Waals surface area contributed by atoms with Crippen LogP contribution in [0.1, 0.15) is 65.0 Å². The van der Waals surface area contributed by atoms with E-state index in [2.05, 4.69) is 15.6 Å². The number of rotatable bonds is 9. The number of esters is 1. The summed E-state index contributed by atoms with van der Waals surface area (Å²) in [6.07, 6.45) is 3.53. The number of ether oxygens (including phenoxy) is 2. The first-order valence-electron chi connectivity index (χ1n) is 12.6. The molecule has 1 atom stereocenters. The number of carbonyl (C=O) groups is 3. The highest BCUT2D eigenvalue weighted by Crippen LogP contribution is 2.35. The van der Waals surface area contributed by atoms with E-state index in [1.165, 1.54) is 23.5 Å². The maximum atomic E-state index is 12.8. The van der Waals surface area contributed by atoms with Gasteiger partial charge in [-0.1, -0.05) is 29.0 Å². The Kier molecular flexibility index (Phi) is 10.0. The van der Waals surface area contributed by atoms with Crippen molar-refractivity contribution in [2.45, 2.75) is 88.9 Å². The van der Waals surface area contributed by atoms with Gasteiger partial charge in [-0.2, -0.15) is 0 Å². The van der Waals surface area contributed by atoms with Gasteiger partial charge in [-0.15, -0.1) is 0 Å². The smallest absolute Gasteiger partial charge is 0.408 e. The molecule has 10 nitrogen and oxygen atoms in total. The summed E-state index contributed by atoms with van der Waals surface area (Å²) in [5, 5.41) is 5.69. The quantitative estimate of drug-likeness (QED) is 0.371. The Balaban J connectivity index is 1.67. The fourth-order valence-electron chi connectivity index (χ4n) is 4.06. The number of anilines is 1. The number of amides is 2. The third-order valence-electron chi connectivity index (χ3n) is 5.86. The molecule has 1 saturated carbocycles. The molecule has 1 heterocycles. The summed E-state index contributed by atoms with van der Waals surface area (Å²) in [5.74, 6) is -1.01. The third-order valence-corrected chi connectivity index (χ3v) is 8.56. The van der Waals surface area contributed by atoms with Crippen LogP contribution in [-0.4, -0.2) is 55.4 Å². The number of nitrogens with zero attached hydrogens (tertiary/aromatic N) is 1. The fourth-order valence-corrected chi connectivity index (χ4v) is 6.34. The predicted molar refractivity (Wildman–Crippen MR) is 150 cm³/mol. The van der Waals surface area contributed by atoms with Crippen LogP contribution in [0.4, 0.5) is 9.93 Å². The van der Waals surface area contributed by atoms with Gasteiger partial charge in [-0.3, -0.25) is 4.79 Å². The molecule has 1 fully saturated rings. The summed E-state index contributed by atoms with van der Waals surface area (Å²) < 4.78 is 35.0. The van der Waals surface area contributed by atoms with Crippen molar-refractivity contribution < 1.29 is 32.3 Å². The van der Waals surface area contributed by atoms with Crippen LogP contribution in [0.2, 0.25) is 5.02 Å². The third kappa shape index (κ3) is 9.18. The standard InChI is InChI=1S/C26H34ClN3O7S2/c1-15-22(16-10-11-18(27)20(14-16)39(5,34)35)38-24(28-15)30-21(31)13-12-19(29-25(33)37-26(2,3)4)23(32)36-17-8-6-7-9-17/h10-11,14,17,19H,6-9,12-13H2,1-5H3,(H,29,33)(H,28,30,31)/t19-/m1/s1. The lowest BCUT2D eigenvalue weighted by atomic mass is 10.1. The molecule has 0 unspecified atom stereocenters. The van der Waals surface area contributed by atoms with Gasteiger partial charge in [0.25, 0.3) is 0 Å². The first-order valence-corrected chi connectivity index (χ1v) is 15.7. The van der Waals surface area contributed by atoms with Crippen molar-refractivity contribution in [3.63, 3.8) is 0 Å². The Labute approximate surface area is 237 Å². The van der Waals surface area contributed by atoms with Crippen LogP contribution >= 0.6 is 22.9 Å². The zero-order chi connectivity index (χ0) is 29.0. The second-order valence-corrected chi connectivity index (χ2v) is 13.9. The minimum atomic E-state index is -3.53. The van der Waals surface area contributed by atoms with Crippen molar-refractivity contribution in [1.29, 1.82) is 0 Å². The molecule has 0 spiro atoms. The number of alkyl carbamates (subject to hydrolysis) is 1. The van der Waals surface area contributed by atoms with E-state index >= 15 is 0 Å². The van der Waals surface area contributed by atoms with Gasteiger partial charge in [-0.05, 0) is 77.5 Å². The van der Waals surface area contributed by atoms with Crippen LogP contribution in [0, 0.1) is 6.92 Å². The molecule has 0 bridgehead atoms. The Morgan fingerprint density at radius 2 is 1.87 bits per heavy atom. The zero-order valence-electron chi connectivity index (χ0n) is 22.6. The molecule has 2 N–H and O–H groups in total. The maximum absolute atomic E-state index is 12.8. The van der Waals surface area contributed by atoms with Gasteiger partial charge in [0.2, 0.25) is 5.91 Å². The van der Waals surface area contributed by atoms with E-state index in [1.54, 1.807) is 33.8 Å². The SMILES string of the molecule is Cc1nc(NC(=O)CC[C@@H](NC(=O)OC(C)(C)C)C(=O)OC2CCCC2)sc1-c1ccc(Cl)c(S(C)(=O)=O)c1. The maximum Gasteiger partial charge on any atom is 0.408 e. The van der Waals surface area contributed by atoms with Gasteiger partial charge < -0.3 is 20.1 Å². The number of hydrogen-bond donors (Lipinski definition) is 2. The molecule has 2 aromatic rings. The van der Waals surface area contributed by atoms with Crippen molar-refractivity contribution in [2.75, 3.05) is 11.6 Å². The first kappa shape index (κ1) is 30.8. The van der Waals surface area contributed by atoms with Crippen LogP contribution in [0.25, 0.3) is 10.4 Å². The summed E-state index contributed by atoms with van der Waals surface area (Å²) in [7, 11) is -3.53. The first-order chi connectivity index (χ1) is 18.1. The number of nitrogens with one attached hydrogen (secondary N) is 2. The minimum absolute atomic E-state index is 0.00273. The van der Waals surface area contributed by atoms with Gasteiger partial charge in [0.1, 0.15) is 17.7 Å². The Morgan fingerprint density at radius 3 is 2.49 bits per heavy atom. The molecular weight excluding hydrogens is 566 g/mol. The molecule has 13 heteroatoms. The number of aryl methyl sites for hydroxylation is 1. The van der Waals surface area contributed by atoms with E-state index in [1.807, 2.05) is 0 Å². The van der Waals surface area contributed by atoms with E-state index in [0.717, 1.165) is 31.9 Å². The summed E-state index contributed by atoms with van der Waals surface area (Å²) >= 11 is 7.24. The van der Waals surface area contributed by atoms with Crippen molar-refractivity contribution in [3.8, 4) is 10.4 Å². The van der Waals surface area contributed by atoms with Crippen molar-refractivity contribution in [1.82, 2.24) is 10.3 Å². The van der Waals surface area contributed by atoms with Gasteiger partial charge >= 0.3 is 12.1 Å². The normalized spacial score (nSPS) is 15.0. The summed E-state index contributed by atoms with van der Waals surface area (Å²) in [5.41, 5.74) is 0.446. The van der Waals surface area contributed by atoms with Gasteiger partial charge in [0.15, 0.2) is 15.0 Å². The summed E-state index contributed by atoms with van der Waals surface area (Å²) in [6, 6.07) is 3.62. The predicted octanol–water partition coefficient (Wildman–Crippen LogP) is 5.27. The molecule has 1 aromatic carbocycles. The van der Waals surface area contributed by atoms with Crippen molar-refractivity contribution in [2.24, 2.45) is 0 Å². The lowest BCUT2D eigenvalue weighted by Crippen LogP contribution is -2.45. The highest BCUT2D eigenvalue weighted by atomic mass is 35.5. The molecule has 3 rings (SSSR count). The van der Waals surface area contributed by atoms with Crippen molar-refractivity contribution in [3.05, 3.63) is 28.9 Å². The van der Waals surface area contributed by atoms with Gasteiger partial charge in [0.05, 0.1) is 20.5 Å². The topological polar surface area (TPSA) is 141 Å². The number of benzene rings is 1. The number of sulfone groups is 1. The molecule has 214 valence electrons. The lowest BCUT2D eigenvalue weighted by molar-refractivity contribution is -0.151. The van der Waals surface area contributed by atoms with Crippen LogP contribution < -0.4 is 10.6 Å². The molecule has 0 aliphatic heterocycles. The Bertz CT molecular complexity index is 1330. The van der Waals surface area contributed by atoms with Crippen LogP contribution in [0.3, 0.4) is 0 Å². The number of aromatic nitrogens is 1. The molecule has 0 saturated heterocycles. The second kappa shape index (κ2) is 12.6. The Morgan fingerprint density at radius 1 is 1.21 bits per heavy atom. The van der Waals surface area contributed by atoms with E-state index in [0.29, 0.717) is 21.3 Å². The average molecular weight is 600 g/mol. The second-order valence-electron chi connectivity index (χ2n) is 10.5. The largest absolute Gasteiger partial charge is 0.461 e. The van der Waals surface area contributed by atoms with E-state index < -0.39 is 39.4 Å². The monoisotopic (exact) mass is 599 g/mol. The Hall–Kier alpha value is -2.70. The lowest BCUT2D eigenvalue weighted by Gasteiger charge is -2.23. The van der Waals surface area contributed by atoms with Gasteiger partial charge in [0, 0.05) is 12.7 Å². The average Bonchev–Trinajstić information content (AvgIpc) is 3.44. The number of halogens is 1. The molecule has 2 amide bonds. The van der Waals surface area contributed by atoms with Crippen molar-refractivity contribution >= 4 is 55.9 Å². The molecule has 39 heavy (non-hydrogen) atoms. The molecule has 0 radical (unpaired) electrons. The number of thiazole rings is 1. The van der Waals surface area contributed by atoms with Crippen LogP contribution in [0.5, 0.6) is 0 Å². The molecule has 1 aliphatic carbocycles. The zero-order valence-corrected chi connectivity index (χ0v) is 25.0. The van der Waals surface area contributed by atoms with E-state index in [4.69, 9.17) is 21.1 Å². The highest BCUT2D eigenvalue weighted by Gasteiger charge is 2.29. The van der Waals surface area contributed by atoms with Gasteiger partial charge in [-0.25, -0.2) is 23.0 Å². The summed E-state index contributed by atoms with van der Waals surface area (Å²) in [6.45, 7) is 6.88. The summed E-state index contributed by atoms with van der Waals surface area (Å²) in [4.78, 5) is 43.0. The highest BCUT2D eigenvalue weighted by molar-refractivity contribution is 7.90. The molecule has 1 aliphatic rings. The van der Waals surface area contributed by atoms with Crippen LogP contribution in [0.15, 0.2) is 23.1 Å². The number of carbonyl (C=O) groups excluding carboxylic acids is 3. The fraction of sp³-hybridized carbons (Fsp3) is 0.538. The van der Waals surface area contributed by atoms with E-state index in [9.17, 15) is 22.8 Å². The number of hydrogen-bond acceptors (Lipinski definition) is 9.